The molecule has 0 bridgehead atoms. The SMILES string of the molecule is CC1CN(CCC(N)c2cccc(Br)c2)CCS1. The van der Waals surface area contributed by atoms with Crippen molar-refractivity contribution in [1.82, 2.24) is 4.90 Å². The number of hydrogen-bond donors (Lipinski definition) is 1. The lowest BCUT2D eigenvalue weighted by molar-refractivity contribution is 0.275. The molecule has 1 aromatic rings. The maximum Gasteiger partial charge on any atom is 0.0307 e. The Hall–Kier alpha value is -0.0300. The molecule has 0 aromatic heterocycles. The second-order valence-electron chi connectivity index (χ2n) is 4.93. The highest BCUT2D eigenvalue weighted by molar-refractivity contribution is 9.10. The Balaban J connectivity index is 1.82. The fraction of sp³-hybridized carbons (Fsp3) is 0.571. The molecule has 0 amide bonds. The van der Waals surface area contributed by atoms with Crippen LogP contribution in [0.5, 0.6) is 0 Å². The first kappa shape index (κ1) is 14.4. The Morgan fingerprint density at radius 2 is 2.39 bits per heavy atom. The van der Waals surface area contributed by atoms with Crippen molar-refractivity contribution in [3.8, 4) is 0 Å². The van der Waals surface area contributed by atoms with Crippen molar-refractivity contribution >= 4 is 27.7 Å². The van der Waals surface area contributed by atoms with Crippen LogP contribution in [-0.2, 0) is 0 Å². The van der Waals surface area contributed by atoms with Crippen LogP contribution in [0.15, 0.2) is 28.7 Å². The number of rotatable bonds is 4. The molecule has 2 unspecified atom stereocenters. The molecule has 1 saturated heterocycles. The second-order valence-corrected chi connectivity index (χ2v) is 7.39. The molecule has 1 aromatic carbocycles. The van der Waals surface area contributed by atoms with Gasteiger partial charge in [0.05, 0.1) is 0 Å². The summed E-state index contributed by atoms with van der Waals surface area (Å²) in [7, 11) is 0. The van der Waals surface area contributed by atoms with Crippen molar-refractivity contribution in [1.29, 1.82) is 0 Å². The fourth-order valence-electron chi connectivity index (χ4n) is 2.32. The number of thioether (sulfide) groups is 1. The van der Waals surface area contributed by atoms with Gasteiger partial charge in [0.15, 0.2) is 0 Å². The first-order valence-corrected chi connectivity index (χ1v) is 8.34. The minimum Gasteiger partial charge on any atom is -0.324 e. The lowest BCUT2D eigenvalue weighted by atomic mass is 10.0. The van der Waals surface area contributed by atoms with Crippen LogP contribution in [0, 0.1) is 0 Å². The average Bonchev–Trinajstić information content (AvgIpc) is 2.36. The Morgan fingerprint density at radius 1 is 1.56 bits per heavy atom. The summed E-state index contributed by atoms with van der Waals surface area (Å²) in [5.74, 6) is 1.26. The van der Waals surface area contributed by atoms with Gasteiger partial charge < -0.3 is 10.6 Å². The fourth-order valence-corrected chi connectivity index (χ4v) is 3.82. The first-order chi connectivity index (χ1) is 8.65. The molecule has 1 aliphatic rings. The first-order valence-electron chi connectivity index (χ1n) is 6.50. The normalized spacial score (nSPS) is 22.9. The molecule has 18 heavy (non-hydrogen) atoms. The average molecular weight is 329 g/mol. The van der Waals surface area contributed by atoms with Gasteiger partial charge in [0, 0.05) is 41.2 Å². The van der Waals surface area contributed by atoms with Gasteiger partial charge in [-0.2, -0.15) is 11.8 Å². The van der Waals surface area contributed by atoms with Crippen LogP contribution in [0.3, 0.4) is 0 Å². The van der Waals surface area contributed by atoms with Crippen LogP contribution >= 0.6 is 27.7 Å². The van der Waals surface area contributed by atoms with Crippen molar-refractivity contribution in [3.05, 3.63) is 34.3 Å². The zero-order valence-electron chi connectivity index (χ0n) is 10.8. The molecule has 0 spiro atoms. The van der Waals surface area contributed by atoms with Crippen molar-refractivity contribution in [2.75, 3.05) is 25.4 Å². The van der Waals surface area contributed by atoms with E-state index < -0.39 is 0 Å². The van der Waals surface area contributed by atoms with Gasteiger partial charge in [-0.1, -0.05) is 35.0 Å². The Labute approximate surface area is 122 Å². The Kier molecular flexibility index (Phi) is 5.55. The summed E-state index contributed by atoms with van der Waals surface area (Å²) in [6, 6.07) is 8.48. The summed E-state index contributed by atoms with van der Waals surface area (Å²) >= 11 is 5.57. The van der Waals surface area contributed by atoms with E-state index in [1.54, 1.807) is 0 Å². The zero-order chi connectivity index (χ0) is 13.0. The summed E-state index contributed by atoms with van der Waals surface area (Å²) in [5.41, 5.74) is 7.49. The smallest absolute Gasteiger partial charge is 0.0307 e. The molecule has 2 atom stereocenters. The quantitative estimate of drug-likeness (QED) is 0.919. The molecule has 2 nitrogen and oxygen atoms in total. The number of hydrogen-bond acceptors (Lipinski definition) is 3. The monoisotopic (exact) mass is 328 g/mol. The van der Waals surface area contributed by atoms with E-state index in [9.17, 15) is 0 Å². The predicted molar refractivity (Wildman–Crippen MR) is 84.0 cm³/mol. The third-order valence-electron chi connectivity index (χ3n) is 3.36. The number of nitrogens with two attached hydrogens (primary N) is 1. The van der Waals surface area contributed by atoms with Gasteiger partial charge in [0.25, 0.3) is 0 Å². The molecular weight excluding hydrogens is 308 g/mol. The molecule has 2 N–H and O–H groups in total. The predicted octanol–water partition coefficient (Wildman–Crippen LogP) is 3.28. The standard InChI is InChI=1S/C14H21BrN2S/c1-11-10-17(7-8-18-11)6-5-14(16)12-3-2-4-13(15)9-12/h2-4,9,11,14H,5-8,10,16H2,1H3. The molecule has 0 aliphatic carbocycles. The van der Waals surface area contributed by atoms with Crippen LogP contribution in [0.2, 0.25) is 0 Å². The van der Waals surface area contributed by atoms with Crippen molar-refractivity contribution in [3.63, 3.8) is 0 Å². The summed E-state index contributed by atoms with van der Waals surface area (Å²) in [5, 5.41) is 0.765. The minimum atomic E-state index is 0.146. The molecule has 4 heteroatoms. The van der Waals surface area contributed by atoms with E-state index in [1.165, 1.54) is 24.4 Å². The van der Waals surface area contributed by atoms with Gasteiger partial charge in [-0.15, -0.1) is 0 Å². The molecule has 100 valence electrons. The van der Waals surface area contributed by atoms with Crippen LogP contribution in [-0.4, -0.2) is 35.5 Å². The van der Waals surface area contributed by atoms with Crippen LogP contribution in [0.4, 0.5) is 0 Å². The third kappa shape index (κ3) is 4.26. The minimum absolute atomic E-state index is 0.146. The van der Waals surface area contributed by atoms with E-state index in [-0.39, 0.29) is 6.04 Å². The summed E-state index contributed by atoms with van der Waals surface area (Å²) < 4.78 is 1.11. The summed E-state index contributed by atoms with van der Waals surface area (Å²) in [4.78, 5) is 2.54. The molecule has 1 heterocycles. The number of nitrogens with zero attached hydrogens (tertiary/aromatic N) is 1. The Bertz CT molecular complexity index is 386. The van der Waals surface area contributed by atoms with Crippen LogP contribution in [0.1, 0.15) is 24.9 Å². The third-order valence-corrected chi connectivity index (χ3v) is 4.99. The molecule has 1 fully saturated rings. The van der Waals surface area contributed by atoms with Gasteiger partial charge in [-0.3, -0.25) is 0 Å². The topological polar surface area (TPSA) is 29.3 Å². The van der Waals surface area contributed by atoms with E-state index in [0.717, 1.165) is 22.7 Å². The maximum atomic E-state index is 6.26. The van der Waals surface area contributed by atoms with Gasteiger partial charge in [0.1, 0.15) is 0 Å². The molecule has 0 saturated carbocycles. The van der Waals surface area contributed by atoms with E-state index >= 15 is 0 Å². The van der Waals surface area contributed by atoms with Crippen LogP contribution in [0.25, 0.3) is 0 Å². The molecule has 1 aliphatic heterocycles. The highest BCUT2D eigenvalue weighted by atomic mass is 79.9. The number of halogens is 1. The van der Waals surface area contributed by atoms with E-state index in [0.29, 0.717) is 0 Å². The van der Waals surface area contributed by atoms with E-state index in [4.69, 9.17) is 5.73 Å². The highest BCUT2D eigenvalue weighted by Gasteiger charge is 2.17. The lowest BCUT2D eigenvalue weighted by Gasteiger charge is -2.31. The largest absolute Gasteiger partial charge is 0.324 e. The molecule has 2 rings (SSSR count). The second kappa shape index (κ2) is 6.94. The highest BCUT2D eigenvalue weighted by Crippen LogP contribution is 2.21. The summed E-state index contributed by atoms with van der Waals surface area (Å²) in [6.07, 6.45) is 1.04. The molecule has 0 radical (unpaired) electrons. The van der Waals surface area contributed by atoms with E-state index in [2.05, 4.69) is 57.7 Å². The maximum absolute atomic E-state index is 6.26. The van der Waals surface area contributed by atoms with Gasteiger partial charge >= 0.3 is 0 Å². The van der Waals surface area contributed by atoms with Gasteiger partial charge in [0.2, 0.25) is 0 Å². The zero-order valence-corrected chi connectivity index (χ0v) is 13.2. The summed E-state index contributed by atoms with van der Waals surface area (Å²) in [6.45, 7) is 5.83. The van der Waals surface area contributed by atoms with Crippen molar-refractivity contribution < 1.29 is 0 Å². The molecular formula is C14H21BrN2S. The lowest BCUT2D eigenvalue weighted by Crippen LogP contribution is -2.38. The van der Waals surface area contributed by atoms with Crippen LogP contribution < -0.4 is 5.73 Å². The van der Waals surface area contributed by atoms with Crippen molar-refractivity contribution in [2.45, 2.75) is 24.6 Å². The van der Waals surface area contributed by atoms with Gasteiger partial charge in [-0.05, 0) is 24.1 Å². The van der Waals surface area contributed by atoms with E-state index in [1.807, 2.05) is 6.07 Å². The Morgan fingerprint density at radius 3 is 3.11 bits per heavy atom. The van der Waals surface area contributed by atoms with Gasteiger partial charge in [-0.25, -0.2) is 0 Å². The number of benzene rings is 1. The van der Waals surface area contributed by atoms with Crippen molar-refractivity contribution in [2.24, 2.45) is 5.73 Å².